The highest BCUT2D eigenvalue weighted by Gasteiger charge is 2.24. The summed E-state index contributed by atoms with van der Waals surface area (Å²) in [5.74, 6) is -0.544. The molecule has 33 heavy (non-hydrogen) atoms. The smallest absolute Gasteiger partial charge is 0.330 e. The molecule has 1 aliphatic carbocycles. The highest BCUT2D eigenvalue weighted by atomic mass is 16.7. The number of benzene rings is 2. The van der Waals surface area contributed by atoms with E-state index in [2.05, 4.69) is 17.6 Å². The van der Waals surface area contributed by atoms with Crippen molar-refractivity contribution in [2.24, 2.45) is 5.73 Å². The van der Waals surface area contributed by atoms with Gasteiger partial charge in [-0.25, -0.2) is 9.78 Å². The number of rotatable bonds is 6. The second kappa shape index (κ2) is 8.48. The van der Waals surface area contributed by atoms with Gasteiger partial charge in [0.15, 0.2) is 0 Å². The summed E-state index contributed by atoms with van der Waals surface area (Å²) < 4.78 is 3.37. The molecular formula is C26H28N4O3. The van der Waals surface area contributed by atoms with E-state index in [1.54, 1.807) is 0 Å². The van der Waals surface area contributed by atoms with Crippen molar-refractivity contribution in [2.45, 2.75) is 52.5 Å². The van der Waals surface area contributed by atoms with Crippen LogP contribution in [0, 0.1) is 0 Å². The van der Waals surface area contributed by atoms with E-state index in [4.69, 9.17) is 15.6 Å². The van der Waals surface area contributed by atoms with Gasteiger partial charge in [-0.3, -0.25) is 4.79 Å². The molecule has 170 valence electrons. The Morgan fingerprint density at radius 2 is 1.91 bits per heavy atom. The molecule has 7 nitrogen and oxygen atoms in total. The lowest BCUT2D eigenvalue weighted by Gasteiger charge is -2.14. The molecule has 2 heterocycles. The minimum Gasteiger partial charge on any atom is -0.344 e. The summed E-state index contributed by atoms with van der Waals surface area (Å²) in [6.07, 6.45) is 4.58. The van der Waals surface area contributed by atoms with Crippen LogP contribution in [0.3, 0.4) is 0 Å². The van der Waals surface area contributed by atoms with Crippen molar-refractivity contribution in [3.63, 3.8) is 0 Å². The minimum absolute atomic E-state index is 0.307. The SMILES string of the molecule is CCc1c(-c2nc3cc4c(cc3n(OC(C)=O)c2=O)CCC4)c2ccccc2n1CCCN. The first-order valence-electron chi connectivity index (χ1n) is 11.6. The number of hydrogen-bond acceptors (Lipinski definition) is 5. The maximum atomic E-state index is 13.7. The van der Waals surface area contributed by atoms with E-state index in [1.807, 2.05) is 30.3 Å². The molecule has 0 spiro atoms. The van der Waals surface area contributed by atoms with Crippen molar-refractivity contribution >= 4 is 27.9 Å². The van der Waals surface area contributed by atoms with Gasteiger partial charge < -0.3 is 15.1 Å². The highest BCUT2D eigenvalue weighted by Crippen LogP contribution is 2.34. The summed E-state index contributed by atoms with van der Waals surface area (Å²) in [6, 6.07) is 12.0. The summed E-state index contributed by atoms with van der Waals surface area (Å²) in [6.45, 7) is 4.74. The van der Waals surface area contributed by atoms with E-state index in [0.29, 0.717) is 23.3 Å². The van der Waals surface area contributed by atoms with Gasteiger partial charge in [0.05, 0.1) is 5.52 Å². The van der Waals surface area contributed by atoms with Crippen molar-refractivity contribution in [1.82, 2.24) is 14.3 Å². The van der Waals surface area contributed by atoms with Gasteiger partial charge in [0.1, 0.15) is 11.2 Å². The average molecular weight is 445 g/mol. The van der Waals surface area contributed by atoms with Crippen LogP contribution in [0.15, 0.2) is 41.2 Å². The van der Waals surface area contributed by atoms with Gasteiger partial charge >= 0.3 is 11.5 Å². The Balaban J connectivity index is 1.86. The van der Waals surface area contributed by atoms with Gasteiger partial charge in [0.25, 0.3) is 0 Å². The van der Waals surface area contributed by atoms with Crippen LogP contribution in [0.2, 0.25) is 0 Å². The normalized spacial score (nSPS) is 13.1. The molecule has 0 aliphatic heterocycles. The lowest BCUT2D eigenvalue weighted by atomic mass is 10.0. The number of aromatic nitrogens is 3. The molecule has 0 unspecified atom stereocenters. The van der Waals surface area contributed by atoms with Crippen LogP contribution in [0.1, 0.15) is 43.5 Å². The molecule has 0 saturated heterocycles. The molecule has 5 rings (SSSR count). The molecule has 4 aromatic rings. The van der Waals surface area contributed by atoms with E-state index in [-0.39, 0.29) is 0 Å². The lowest BCUT2D eigenvalue weighted by molar-refractivity contribution is -0.141. The van der Waals surface area contributed by atoms with Crippen LogP contribution in [0.4, 0.5) is 0 Å². The molecule has 2 aromatic heterocycles. The zero-order valence-corrected chi connectivity index (χ0v) is 19.1. The van der Waals surface area contributed by atoms with Crippen LogP contribution in [-0.2, 0) is 30.6 Å². The molecule has 2 aromatic carbocycles. The summed E-state index contributed by atoms with van der Waals surface area (Å²) in [4.78, 5) is 36.0. The predicted octanol–water partition coefficient (Wildman–Crippen LogP) is 3.39. The topological polar surface area (TPSA) is 92.1 Å². The second-order valence-corrected chi connectivity index (χ2v) is 8.59. The quantitative estimate of drug-likeness (QED) is 0.492. The molecular weight excluding hydrogens is 416 g/mol. The number of hydrogen-bond donors (Lipinski definition) is 1. The van der Waals surface area contributed by atoms with E-state index < -0.39 is 11.5 Å². The fraction of sp³-hybridized carbons (Fsp3) is 0.346. The minimum atomic E-state index is -0.544. The molecule has 0 saturated carbocycles. The van der Waals surface area contributed by atoms with Gasteiger partial charge in [-0.2, -0.15) is 0 Å². The lowest BCUT2D eigenvalue weighted by Crippen LogP contribution is -2.32. The number of carbonyl (C=O) groups excluding carboxylic acids is 1. The zero-order chi connectivity index (χ0) is 23.1. The standard InChI is InChI=1S/C26H28N4O3/c1-3-21-24(19-10-4-5-11-22(19)29(21)13-7-12-27)25-26(32)30(33-16(2)31)23-15-18-9-6-8-17(18)14-20(23)28-25/h4-5,10-11,14-15H,3,6-9,12-13,27H2,1-2H3. The van der Waals surface area contributed by atoms with E-state index in [1.165, 1.54) is 18.1 Å². The zero-order valence-electron chi connectivity index (χ0n) is 19.1. The number of para-hydroxylation sites is 1. The van der Waals surface area contributed by atoms with Crippen molar-refractivity contribution in [2.75, 3.05) is 6.54 Å². The fourth-order valence-electron chi connectivity index (χ4n) is 5.10. The first-order valence-corrected chi connectivity index (χ1v) is 11.6. The van der Waals surface area contributed by atoms with Gasteiger partial charge in [-0.05, 0) is 68.0 Å². The van der Waals surface area contributed by atoms with Crippen LogP contribution in [-0.4, -0.2) is 26.8 Å². The van der Waals surface area contributed by atoms with E-state index >= 15 is 0 Å². The Morgan fingerprint density at radius 1 is 1.15 bits per heavy atom. The third-order valence-corrected chi connectivity index (χ3v) is 6.48. The molecule has 7 heteroatoms. The first kappa shape index (κ1) is 21.4. The van der Waals surface area contributed by atoms with Crippen LogP contribution >= 0.6 is 0 Å². The molecule has 1 aliphatic rings. The highest BCUT2D eigenvalue weighted by molar-refractivity contribution is 5.98. The van der Waals surface area contributed by atoms with Crippen molar-refractivity contribution in [3.05, 3.63) is 63.6 Å². The maximum Gasteiger partial charge on any atom is 0.330 e. The van der Waals surface area contributed by atoms with Crippen molar-refractivity contribution < 1.29 is 9.63 Å². The molecule has 2 N–H and O–H groups in total. The molecule has 0 fully saturated rings. The third-order valence-electron chi connectivity index (χ3n) is 6.48. The molecule has 0 radical (unpaired) electrons. The van der Waals surface area contributed by atoms with Gasteiger partial charge in [-0.1, -0.05) is 25.1 Å². The maximum absolute atomic E-state index is 13.7. The van der Waals surface area contributed by atoms with Crippen LogP contribution in [0.25, 0.3) is 33.2 Å². The van der Waals surface area contributed by atoms with Crippen molar-refractivity contribution in [1.29, 1.82) is 0 Å². The number of fused-ring (bicyclic) bond motifs is 3. The van der Waals surface area contributed by atoms with Crippen LogP contribution < -0.4 is 16.1 Å². The third kappa shape index (κ3) is 3.53. The molecule has 0 atom stereocenters. The Labute approximate surface area is 191 Å². The Morgan fingerprint density at radius 3 is 2.64 bits per heavy atom. The Bertz CT molecular complexity index is 1450. The van der Waals surface area contributed by atoms with Gasteiger partial charge in [0.2, 0.25) is 0 Å². The Hall–Kier alpha value is -3.45. The number of carbonyl (C=O) groups is 1. The van der Waals surface area contributed by atoms with Gasteiger partial charge in [0, 0.05) is 35.6 Å². The van der Waals surface area contributed by atoms with Crippen molar-refractivity contribution in [3.8, 4) is 11.3 Å². The van der Waals surface area contributed by atoms with Gasteiger partial charge in [-0.15, -0.1) is 4.73 Å². The molecule has 0 amide bonds. The average Bonchev–Trinajstić information content (AvgIpc) is 3.39. The summed E-state index contributed by atoms with van der Waals surface area (Å²) in [5.41, 5.74) is 12.2. The second-order valence-electron chi connectivity index (χ2n) is 8.59. The summed E-state index contributed by atoms with van der Waals surface area (Å²) in [7, 11) is 0. The Kier molecular flexibility index (Phi) is 5.50. The number of nitrogens with zero attached hydrogens (tertiary/aromatic N) is 3. The van der Waals surface area contributed by atoms with E-state index in [9.17, 15) is 9.59 Å². The predicted molar refractivity (Wildman–Crippen MR) is 129 cm³/mol. The summed E-state index contributed by atoms with van der Waals surface area (Å²) >= 11 is 0. The summed E-state index contributed by atoms with van der Waals surface area (Å²) in [5, 5.41) is 0.964. The number of nitrogens with two attached hydrogens (primary N) is 1. The monoisotopic (exact) mass is 444 g/mol. The first-order chi connectivity index (χ1) is 16.0. The van der Waals surface area contributed by atoms with E-state index in [0.717, 1.165) is 65.5 Å². The molecule has 0 bridgehead atoms. The largest absolute Gasteiger partial charge is 0.344 e. The fourth-order valence-corrected chi connectivity index (χ4v) is 5.10. The van der Waals surface area contributed by atoms with Crippen LogP contribution in [0.5, 0.6) is 0 Å². The number of aryl methyl sites for hydroxylation is 3.